The number of aryl methyl sites for hydroxylation is 1. The Hall–Kier alpha value is -4.64. The Labute approximate surface area is 209 Å². The number of likely N-dealkylation sites (tertiary alicyclic amines) is 1. The lowest BCUT2D eigenvalue weighted by Gasteiger charge is -2.26. The number of carbonyl (C=O) groups excluding carboxylic acids is 2. The Morgan fingerprint density at radius 1 is 0.806 bits per heavy atom. The van der Waals surface area contributed by atoms with Gasteiger partial charge in [0.25, 0.3) is 11.7 Å². The van der Waals surface area contributed by atoms with E-state index in [0.717, 1.165) is 11.1 Å². The van der Waals surface area contributed by atoms with Crippen LogP contribution in [0.4, 0.5) is 0 Å². The number of aliphatic hydroxyl groups is 1. The van der Waals surface area contributed by atoms with Crippen LogP contribution in [0.3, 0.4) is 0 Å². The van der Waals surface area contributed by atoms with Crippen LogP contribution in [-0.4, -0.2) is 21.7 Å². The highest BCUT2D eigenvalue weighted by Crippen LogP contribution is 2.41. The highest BCUT2D eigenvalue weighted by Gasteiger charge is 2.46. The summed E-state index contributed by atoms with van der Waals surface area (Å²) in [5.41, 5.74) is 3.14. The van der Waals surface area contributed by atoms with E-state index in [-0.39, 0.29) is 17.9 Å². The molecule has 1 amide bonds. The number of aliphatic hydroxyl groups excluding tert-OH is 1. The normalized spacial score (nSPS) is 16.8. The second kappa shape index (κ2) is 9.92. The Morgan fingerprint density at radius 2 is 1.44 bits per heavy atom. The van der Waals surface area contributed by atoms with Crippen LogP contribution in [0.5, 0.6) is 11.5 Å². The number of hydrogen-bond donors (Lipinski definition) is 1. The molecule has 1 saturated heterocycles. The Kier molecular flexibility index (Phi) is 6.37. The zero-order valence-corrected chi connectivity index (χ0v) is 19.8. The van der Waals surface area contributed by atoms with Crippen molar-refractivity contribution in [2.24, 2.45) is 0 Å². The quantitative estimate of drug-likeness (QED) is 0.199. The Balaban J connectivity index is 1.61. The largest absolute Gasteiger partial charge is 0.507 e. The third-order valence-electron chi connectivity index (χ3n) is 6.21. The maximum atomic E-state index is 13.3. The number of rotatable bonds is 6. The van der Waals surface area contributed by atoms with Gasteiger partial charge >= 0.3 is 0 Å². The minimum absolute atomic E-state index is 0.0663. The molecule has 1 heterocycles. The van der Waals surface area contributed by atoms with E-state index in [9.17, 15) is 14.7 Å². The van der Waals surface area contributed by atoms with Crippen LogP contribution < -0.4 is 4.74 Å². The average Bonchev–Trinajstić information content (AvgIpc) is 3.15. The van der Waals surface area contributed by atoms with Crippen LogP contribution in [0.2, 0.25) is 0 Å². The van der Waals surface area contributed by atoms with Gasteiger partial charge in [-0.05, 0) is 42.3 Å². The van der Waals surface area contributed by atoms with Crippen molar-refractivity contribution in [1.29, 1.82) is 0 Å². The fourth-order valence-electron chi connectivity index (χ4n) is 4.41. The number of ketones is 1. The summed E-state index contributed by atoms with van der Waals surface area (Å²) in [6.07, 6.45) is 0. The molecule has 4 aromatic carbocycles. The van der Waals surface area contributed by atoms with Crippen LogP contribution in [0.15, 0.2) is 115 Å². The van der Waals surface area contributed by atoms with Gasteiger partial charge in [-0.2, -0.15) is 0 Å². The lowest BCUT2D eigenvalue weighted by atomic mass is 9.94. The van der Waals surface area contributed by atoms with E-state index in [4.69, 9.17) is 4.74 Å². The van der Waals surface area contributed by atoms with Crippen molar-refractivity contribution < 1.29 is 19.4 Å². The van der Waals surface area contributed by atoms with E-state index < -0.39 is 17.7 Å². The molecule has 36 heavy (non-hydrogen) atoms. The molecule has 0 spiro atoms. The highest BCUT2D eigenvalue weighted by atomic mass is 16.5. The van der Waals surface area contributed by atoms with Crippen molar-refractivity contribution in [3.05, 3.63) is 137 Å². The van der Waals surface area contributed by atoms with Crippen molar-refractivity contribution in [1.82, 2.24) is 4.90 Å². The van der Waals surface area contributed by atoms with Crippen LogP contribution in [0.25, 0.3) is 5.76 Å². The highest BCUT2D eigenvalue weighted by molar-refractivity contribution is 6.46. The number of para-hydroxylation sites is 1. The predicted octanol–water partition coefficient (Wildman–Crippen LogP) is 6.41. The number of carbonyl (C=O) groups is 2. The zero-order chi connectivity index (χ0) is 25.1. The molecule has 5 nitrogen and oxygen atoms in total. The Morgan fingerprint density at radius 3 is 2.14 bits per heavy atom. The van der Waals surface area contributed by atoms with Crippen molar-refractivity contribution in [2.45, 2.75) is 19.5 Å². The van der Waals surface area contributed by atoms with E-state index in [2.05, 4.69) is 0 Å². The second-order valence-electron chi connectivity index (χ2n) is 8.77. The summed E-state index contributed by atoms with van der Waals surface area (Å²) in [6.45, 7) is 2.17. The number of benzene rings is 4. The third-order valence-corrected chi connectivity index (χ3v) is 6.21. The minimum Gasteiger partial charge on any atom is -0.507 e. The molecule has 1 aliphatic rings. The van der Waals surface area contributed by atoms with Gasteiger partial charge in [-0.15, -0.1) is 0 Å². The maximum Gasteiger partial charge on any atom is 0.295 e. The summed E-state index contributed by atoms with van der Waals surface area (Å²) in [4.78, 5) is 28.1. The van der Waals surface area contributed by atoms with Crippen LogP contribution in [-0.2, 0) is 16.1 Å². The molecule has 5 rings (SSSR count). The summed E-state index contributed by atoms with van der Waals surface area (Å²) in [5, 5.41) is 11.3. The summed E-state index contributed by atoms with van der Waals surface area (Å²) < 4.78 is 6.01. The molecule has 0 unspecified atom stereocenters. The van der Waals surface area contributed by atoms with Crippen molar-refractivity contribution >= 4 is 17.4 Å². The van der Waals surface area contributed by atoms with Crippen LogP contribution >= 0.6 is 0 Å². The molecule has 0 aliphatic carbocycles. The van der Waals surface area contributed by atoms with Gasteiger partial charge in [-0.3, -0.25) is 9.59 Å². The van der Waals surface area contributed by atoms with Gasteiger partial charge in [0, 0.05) is 12.1 Å². The van der Waals surface area contributed by atoms with Gasteiger partial charge in [0.2, 0.25) is 0 Å². The topological polar surface area (TPSA) is 66.8 Å². The number of Topliss-reactive ketones (excluding diaryl/α,β-unsaturated/α-hetero) is 1. The second-order valence-corrected chi connectivity index (χ2v) is 8.77. The first kappa shape index (κ1) is 23.1. The fourth-order valence-corrected chi connectivity index (χ4v) is 4.41. The van der Waals surface area contributed by atoms with E-state index in [1.165, 1.54) is 4.90 Å². The molecule has 1 aliphatic heterocycles. The molecular weight excluding hydrogens is 450 g/mol. The predicted molar refractivity (Wildman–Crippen MR) is 138 cm³/mol. The molecule has 0 bridgehead atoms. The SMILES string of the molecule is Cc1ccc(C(O)=C2C(=O)C(=O)N(Cc3ccccc3)[C@H]2c2cccc(Oc3ccccc3)c2)cc1. The van der Waals surface area contributed by atoms with Crippen molar-refractivity contribution in [3.8, 4) is 11.5 Å². The van der Waals surface area contributed by atoms with Gasteiger partial charge in [0.1, 0.15) is 17.3 Å². The average molecular weight is 476 g/mol. The molecule has 1 N–H and O–H groups in total. The van der Waals surface area contributed by atoms with E-state index in [0.29, 0.717) is 22.6 Å². The summed E-state index contributed by atoms with van der Waals surface area (Å²) in [6, 6.07) is 32.6. The first-order chi connectivity index (χ1) is 17.5. The van der Waals surface area contributed by atoms with Gasteiger partial charge in [0.15, 0.2) is 0 Å². The van der Waals surface area contributed by atoms with Gasteiger partial charge in [0.05, 0.1) is 11.6 Å². The van der Waals surface area contributed by atoms with E-state index >= 15 is 0 Å². The number of hydrogen-bond acceptors (Lipinski definition) is 4. The maximum absolute atomic E-state index is 13.3. The molecule has 178 valence electrons. The molecule has 0 saturated carbocycles. The fraction of sp³-hybridized carbons (Fsp3) is 0.0968. The van der Waals surface area contributed by atoms with Gasteiger partial charge < -0.3 is 14.7 Å². The monoisotopic (exact) mass is 475 g/mol. The first-order valence-electron chi connectivity index (χ1n) is 11.7. The zero-order valence-electron chi connectivity index (χ0n) is 19.8. The lowest BCUT2D eigenvalue weighted by Crippen LogP contribution is -2.29. The van der Waals surface area contributed by atoms with Gasteiger partial charge in [-0.25, -0.2) is 0 Å². The van der Waals surface area contributed by atoms with Crippen LogP contribution in [0.1, 0.15) is 28.3 Å². The molecule has 1 atom stereocenters. The molecule has 1 fully saturated rings. The number of nitrogens with zero attached hydrogens (tertiary/aromatic N) is 1. The first-order valence-corrected chi connectivity index (χ1v) is 11.7. The summed E-state index contributed by atoms with van der Waals surface area (Å²) in [5.74, 6) is -0.300. The third kappa shape index (κ3) is 4.64. The van der Waals surface area contributed by atoms with E-state index in [1.54, 1.807) is 12.1 Å². The summed E-state index contributed by atoms with van der Waals surface area (Å²) in [7, 11) is 0. The smallest absolute Gasteiger partial charge is 0.295 e. The van der Waals surface area contributed by atoms with Crippen LogP contribution in [0, 0.1) is 6.92 Å². The molecular formula is C31H25NO4. The van der Waals surface area contributed by atoms with E-state index in [1.807, 2.05) is 104 Å². The molecule has 4 aromatic rings. The molecule has 0 aromatic heterocycles. The number of amides is 1. The standard InChI is InChI=1S/C31H25NO4/c1-21-15-17-23(18-16-21)29(33)27-28(32(31(35)30(27)34)20-22-9-4-2-5-10-22)24-11-8-14-26(19-24)36-25-12-6-3-7-13-25/h2-19,28,33H,20H2,1H3/t28-/m0/s1. The summed E-state index contributed by atoms with van der Waals surface area (Å²) >= 11 is 0. The van der Waals surface area contributed by atoms with Crippen molar-refractivity contribution in [2.75, 3.05) is 0 Å². The minimum atomic E-state index is -0.772. The van der Waals surface area contributed by atoms with Crippen molar-refractivity contribution in [3.63, 3.8) is 0 Å². The number of ether oxygens (including phenoxy) is 1. The molecule has 0 radical (unpaired) electrons. The van der Waals surface area contributed by atoms with Gasteiger partial charge in [-0.1, -0.05) is 90.5 Å². The Bertz CT molecular complexity index is 1430. The lowest BCUT2D eigenvalue weighted by molar-refractivity contribution is -0.140. The molecule has 5 heteroatoms.